The van der Waals surface area contributed by atoms with Gasteiger partial charge < -0.3 is 14.4 Å². The zero-order valence-corrected chi connectivity index (χ0v) is 12.7. The van der Waals surface area contributed by atoms with E-state index in [1.807, 2.05) is 34.9 Å². The summed E-state index contributed by atoms with van der Waals surface area (Å²) < 4.78 is 6.82. The number of aromatic nitrogens is 2. The molecule has 1 heterocycles. The molecule has 0 saturated heterocycles. The van der Waals surface area contributed by atoms with Crippen LogP contribution in [0.5, 0.6) is 0 Å². The van der Waals surface area contributed by atoms with Crippen molar-refractivity contribution in [2.24, 2.45) is 0 Å². The predicted octanol–water partition coefficient (Wildman–Crippen LogP) is 2.08. The van der Waals surface area contributed by atoms with Crippen LogP contribution in [0.25, 0.3) is 0 Å². The summed E-state index contributed by atoms with van der Waals surface area (Å²) in [7, 11) is 0. The van der Waals surface area contributed by atoms with Crippen molar-refractivity contribution >= 4 is 17.7 Å². The van der Waals surface area contributed by atoms with Gasteiger partial charge in [0, 0.05) is 6.54 Å². The largest absolute Gasteiger partial charge is 0.465 e. The average Bonchev–Trinajstić information content (AvgIpc) is 2.88. The zero-order valence-electron chi connectivity index (χ0n) is 11.9. The van der Waals surface area contributed by atoms with Crippen LogP contribution >= 0.6 is 11.8 Å². The third-order valence-electron chi connectivity index (χ3n) is 2.87. The zero-order chi connectivity index (χ0) is 15.1. The highest BCUT2D eigenvalue weighted by molar-refractivity contribution is 7.99. The number of rotatable bonds is 7. The van der Waals surface area contributed by atoms with Gasteiger partial charge in [-0.2, -0.15) is 0 Å². The first-order valence-electron chi connectivity index (χ1n) is 6.72. The fourth-order valence-corrected chi connectivity index (χ4v) is 2.69. The van der Waals surface area contributed by atoms with E-state index in [9.17, 15) is 9.90 Å². The first kappa shape index (κ1) is 15.6. The summed E-state index contributed by atoms with van der Waals surface area (Å²) in [5, 5.41) is 10.1. The normalized spacial score (nSPS) is 10.6. The number of aliphatic hydroxyl groups excluding tert-OH is 1. The summed E-state index contributed by atoms with van der Waals surface area (Å²) in [5.41, 5.74) is 1.84. The number of hydrogen-bond acceptors (Lipinski definition) is 5. The van der Waals surface area contributed by atoms with E-state index in [4.69, 9.17) is 4.74 Å². The number of nitrogens with zero attached hydrogens (tertiary/aromatic N) is 2. The number of aliphatic hydroxyl groups is 1. The second kappa shape index (κ2) is 7.85. The topological polar surface area (TPSA) is 64.3 Å². The van der Waals surface area contributed by atoms with Crippen LogP contribution in [0, 0.1) is 0 Å². The van der Waals surface area contributed by atoms with Gasteiger partial charge in [0.15, 0.2) is 5.16 Å². The van der Waals surface area contributed by atoms with Gasteiger partial charge in [0.2, 0.25) is 0 Å². The van der Waals surface area contributed by atoms with Crippen molar-refractivity contribution in [3.8, 4) is 0 Å². The molecular formula is C15H18N2O3S. The van der Waals surface area contributed by atoms with Crippen LogP contribution in [-0.2, 0) is 22.7 Å². The quantitative estimate of drug-likeness (QED) is 0.627. The van der Waals surface area contributed by atoms with Gasteiger partial charge in [-0.15, -0.1) is 0 Å². The van der Waals surface area contributed by atoms with Gasteiger partial charge in [-0.05, 0) is 12.5 Å². The van der Waals surface area contributed by atoms with Crippen LogP contribution in [0.2, 0.25) is 0 Å². The van der Waals surface area contributed by atoms with E-state index in [1.165, 1.54) is 11.8 Å². The molecule has 0 aliphatic carbocycles. The van der Waals surface area contributed by atoms with Gasteiger partial charge >= 0.3 is 5.97 Å². The number of hydrogen-bond donors (Lipinski definition) is 1. The van der Waals surface area contributed by atoms with Crippen molar-refractivity contribution in [2.75, 3.05) is 12.4 Å². The van der Waals surface area contributed by atoms with Crippen LogP contribution < -0.4 is 0 Å². The van der Waals surface area contributed by atoms with E-state index in [0.717, 1.165) is 11.3 Å². The number of imidazole rings is 1. The van der Waals surface area contributed by atoms with Crippen molar-refractivity contribution in [1.29, 1.82) is 0 Å². The SMILES string of the molecule is CCOC(=O)CSc1ncc(CO)n1Cc1ccccc1. The summed E-state index contributed by atoms with van der Waals surface area (Å²) in [6.07, 6.45) is 1.64. The van der Waals surface area contributed by atoms with E-state index < -0.39 is 0 Å². The monoisotopic (exact) mass is 306 g/mol. The summed E-state index contributed by atoms with van der Waals surface area (Å²) in [5.74, 6) is -0.0489. The summed E-state index contributed by atoms with van der Waals surface area (Å²) in [4.78, 5) is 15.7. The molecule has 21 heavy (non-hydrogen) atoms. The van der Waals surface area contributed by atoms with E-state index >= 15 is 0 Å². The molecule has 2 aromatic rings. The Kier molecular flexibility index (Phi) is 5.83. The summed E-state index contributed by atoms with van der Waals surface area (Å²) in [6, 6.07) is 9.93. The number of thioether (sulfide) groups is 1. The second-order valence-corrected chi connectivity index (χ2v) is 5.30. The van der Waals surface area contributed by atoms with Crippen molar-refractivity contribution in [2.45, 2.75) is 25.2 Å². The maximum absolute atomic E-state index is 11.4. The molecule has 0 amide bonds. The lowest BCUT2D eigenvalue weighted by Crippen LogP contribution is -2.10. The van der Waals surface area contributed by atoms with E-state index in [-0.39, 0.29) is 18.3 Å². The third kappa shape index (κ3) is 4.34. The highest BCUT2D eigenvalue weighted by Gasteiger charge is 2.12. The molecule has 1 aromatic carbocycles. The molecule has 0 bridgehead atoms. The first-order chi connectivity index (χ1) is 10.2. The molecule has 0 spiro atoms. The smallest absolute Gasteiger partial charge is 0.316 e. The van der Waals surface area contributed by atoms with Gasteiger partial charge in [0.1, 0.15) is 0 Å². The van der Waals surface area contributed by atoms with Crippen molar-refractivity contribution in [3.63, 3.8) is 0 Å². The number of esters is 1. The molecule has 0 radical (unpaired) electrons. The number of benzene rings is 1. The van der Waals surface area contributed by atoms with Gasteiger partial charge in [-0.3, -0.25) is 4.79 Å². The highest BCUT2D eigenvalue weighted by atomic mass is 32.2. The van der Waals surface area contributed by atoms with Crippen molar-refractivity contribution in [3.05, 3.63) is 47.8 Å². The van der Waals surface area contributed by atoms with E-state index in [2.05, 4.69) is 4.98 Å². The molecule has 0 fully saturated rings. The van der Waals surface area contributed by atoms with Crippen molar-refractivity contribution < 1.29 is 14.6 Å². The Morgan fingerprint density at radius 3 is 2.81 bits per heavy atom. The molecule has 1 N–H and O–H groups in total. The second-order valence-electron chi connectivity index (χ2n) is 4.36. The van der Waals surface area contributed by atoms with Gasteiger partial charge in [0.05, 0.1) is 30.9 Å². The number of ether oxygens (including phenoxy) is 1. The number of carbonyl (C=O) groups is 1. The van der Waals surface area contributed by atoms with Crippen LogP contribution in [0.1, 0.15) is 18.2 Å². The van der Waals surface area contributed by atoms with Gasteiger partial charge in [-0.1, -0.05) is 42.1 Å². The maximum Gasteiger partial charge on any atom is 0.316 e. The Balaban J connectivity index is 2.11. The lowest BCUT2D eigenvalue weighted by atomic mass is 10.2. The predicted molar refractivity (Wildman–Crippen MR) is 81.1 cm³/mol. The van der Waals surface area contributed by atoms with Crippen LogP contribution in [0.15, 0.2) is 41.7 Å². The minimum absolute atomic E-state index is 0.0835. The first-order valence-corrected chi connectivity index (χ1v) is 7.70. The molecule has 6 heteroatoms. The summed E-state index contributed by atoms with van der Waals surface area (Å²) in [6.45, 7) is 2.68. The minimum Gasteiger partial charge on any atom is -0.465 e. The van der Waals surface area contributed by atoms with E-state index in [1.54, 1.807) is 13.1 Å². The van der Waals surface area contributed by atoms with Crippen LogP contribution in [-0.4, -0.2) is 33.0 Å². The molecule has 1 aromatic heterocycles. The molecule has 0 unspecified atom stereocenters. The summed E-state index contributed by atoms with van der Waals surface area (Å²) >= 11 is 1.32. The highest BCUT2D eigenvalue weighted by Crippen LogP contribution is 2.20. The molecule has 0 aliphatic rings. The fraction of sp³-hybridized carbons (Fsp3) is 0.333. The molecule has 0 saturated carbocycles. The Morgan fingerprint density at radius 1 is 1.38 bits per heavy atom. The van der Waals surface area contributed by atoms with Gasteiger partial charge in [-0.25, -0.2) is 4.98 Å². The maximum atomic E-state index is 11.4. The lowest BCUT2D eigenvalue weighted by molar-refractivity contribution is -0.139. The molecule has 0 aliphatic heterocycles. The Morgan fingerprint density at radius 2 is 2.14 bits per heavy atom. The standard InChI is InChI=1S/C15H18N2O3S/c1-2-20-14(19)11-21-15-16-8-13(10-18)17(15)9-12-6-4-3-5-7-12/h3-8,18H,2,9-11H2,1H3. The Labute approximate surface area is 128 Å². The Bertz CT molecular complexity index is 584. The Hall–Kier alpha value is -1.79. The molecule has 5 nitrogen and oxygen atoms in total. The molecule has 0 atom stereocenters. The third-order valence-corrected chi connectivity index (χ3v) is 3.84. The van der Waals surface area contributed by atoms with Gasteiger partial charge in [0.25, 0.3) is 0 Å². The van der Waals surface area contributed by atoms with Crippen molar-refractivity contribution in [1.82, 2.24) is 9.55 Å². The molecule has 2 rings (SSSR count). The van der Waals surface area contributed by atoms with E-state index in [0.29, 0.717) is 18.3 Å². The minimum atomic E-state index is -0.262. The fourth-order valence-electron chi connectivity index (χ4n) is 1.89. The average molecular weight is 306 g/mol. The molecular weight excluding hydrogens is 288 g/mol. The van der Waals surface area contributed by atoms with Crippen LogP contribution in [0.4, 0.5) is 0 Å². The lowest BCUT2D eigenvalue weighted by Gasteiger charge is -2.10. The van der Waals surface area contributed by atoms with Crippen LogP contribution in [0.3, 0.4) is 0 Å². The molecule has 112 valence electrons. The number of carbonyl (C=O) groups excluding carboxylic acids is 1.